The molecule has 0 aliphatic carbocycles. The molecule has 1 aromatic heterocycles. The highest BCUT2D eigenvalue weighted by Crippen LogP contribution is 2.29. The number of piperidine rings is 1. The van der Waals surface area contributed by atoms with Crippen LogP contribution < -0.4 is 5.32 Å². The third kappa shape index (κ3) is 1.89. The van der Waals surface area contributed by atoms with Crippen LogP contribution in [0.2, 0.25) is 0 Å². The number of aromatic nitrogens is 2. The van der Waals surface area contributed by atoms with Gasteiger partial charge in [0.25, 0.3) is 0 Å². The Hall–Kier alpha value is -0.870. The van der Waals surface area contributed by atoms with E-state index in [-0.39, 0.29) is 0 Å². The Bertz CT molecular complexity index is 541. The highest BCUT2D eigenvalue weighted by molar-refractivity contribution is 9.10. The van der Waals surface area contributed by atoms with Crippen molar-refractivity contribution in [3.8, 4) is 0 Å². The summed E-state index contributed by atoms with van der Waals surface area (Å²) < 4.78 is 3.30. The molecule has 1 saturated heterocycles. The van der Waals surface area contributed by atoms with Crippen LogP contribution in [0.15, 0.2) is 22.9 Å². The monoisotopic (exact) mass is 293 g/mol. The van der Waals surface area contributed by atoms with Crippen molar-refractivity contribution in [2.24, 2.45) is 0 Å². The van der Waals surface area contributed by atoms with Crippen molar-refractivity contribution in [2.45, 2.75) is 25.8 Å². The molecule has 1 unspecified atom stereocenters. The number of para-hydroxylation sites is 1. The maximum Gasteiger partial charge on any atom is 0.178 e. The molecule has 1 aliphatic heterocycles. The Morgan fingerprint density at radius 2 is 2.35 bits per heavy atom. The molecular formula is C13H16BrN3. The van der Waals surface area contributed by atoms with Crippen LogP contribution in [-0.4, -0.2) is 22.6 Å². The molecule has 0 amide bonds. The third-order valence-corrected chi connectivity index (χ3v) is 4.06. The Balaban J connectivity index is 2.16. The fraction of sp³-hybridized carbons (Fsp3) is 0.462. The van der Waals surface area contributed by atoms with E-state index in [4.69, 9.17) is 0 Å². The number of hydrogen-bond donors (Lipinski definition) is 1. The molecule has 0 bridgehead atoms. The lowest BCUT2D eigenvalue weighted by Gasteiger charge is -2.25. The molecule has 2 aromatic rings. The second-order valence-corrected chi connectivity index (χ2v) is 5.40. The van der Waals surface area contributed by atoms with Gasteiger partial charge in [-0.3, -0.25) is 0 Å². The highest BCUT2D eigenvalue weighted by atomic mass is 79.9. The molecule has 0 radical (unpaired) electrons. The van der Waals surface area contributed by atoms with Gasteiger partial charge in [0, 0.05) is 12.6 Å². The molecule has 90 valence electrons. The van der Waals surface area contributed by atoms with Crippen LogP contribution in [-0.2, 0) is 0 Å². The predicted octanol–water partition coefficient (Wildman–Crippen LogP) is 3.03. The predicted molar refractivity (Wildman–Crippen MR) is 73.3 cm³/mol. The Labute approximate surface area is 109 Å². The molecule has 3 nitrogen and oxygen atoms in total. The van der Waals surface area contributed by atoms with Crippen molar-refractivity contribution in [1.29, 1.82) is 0 Å². The van der Waals surface area contributed by atoms with Gasteiger partial charge in [-0.2, -0.15) is 0 Å². The van der Waals surface area contributed by atoms with Gasteiger partial charge in [0.1, 0.15) is 0 Å². The fourth-order valence-electron chi connectivity index (χ4n) is 2.68. The quantitative estimate of drug-likeness (QED) is 0.876. The molecule has 1 N–H and O–H groups in total. The summed E-state index contributed by atoms with van der Waals surface area (Å²) >= 11 is 3.60. The zero-order chi connectivity index (χ0) is 11.8. The van der Waals surface area contributed by atoms with Crippen molar-refractivity contribution in [3.63, 3.8) is 0 Å². The lowest BCUT2D eigenvalue weighted by molar-refractivity contribution is 0.373. The third-order valence-electron chi connectivity index (χ3n) is 3.50. The van der Waals surface area contributed by atoms with Crippen LogP contribution >= 0.6 is 15.9 Å². The van der Waals surface area contributed by atoms with Gasteiger partial charge in [0.2, 0.25) is 0 Å². The number of imidazole rings is 1. The van der Waals surface area contributed by atoms with Gasteiger partial charge in [0.15, 0.2) is 4.73 Å². The van der Waals surface area contributed by atoms with Gasteiger partial charge < -0.3 is 9.88 Å². The van der Waals surface area contributed by atoms with Gasteiger partial charge in [0.05, 0.1) is 11.0 Å². The first-order valence-electron chi connectivity index (χ1n) is 6.11. The summed E-state index contributed by atoms with van der Waals surface area (Å²) in [7, 11) is 0. The molecule has 17 heavy (non-hydrogen) atoms. The lowest BCUT2D eigenvalue weighted by atomic mass is 10.1. The molecular weight excluding hydrogens is 278 g/mol. The van der Waals surface area contributed by atoms with Crippen molar-refractivity contribution in [3.05, 3.63) is 28.5 Å². The van der Waals surface area contributed by atoms with E-state index in [1.165, 1.54) is 23.9 Å². The first-order valence-corrected chi connectivity index (χ1v) is 6.90. The Kier molecular flexibility index (Phi) is 2.92. The first-order chi connectivity index (χ1) is 8.27. The van der Waals surface area contributed by atoms with E-state index in [9.17, 15) is 0 Å². The summed E-state index contributed by atoms with van der Waals surface area (Å²) in [6.07, 6.45) is 2.47. The number of fused-ring (bicyclic) bond motifs is 1. The molecule has 2 heterocycles. The summed E-state index contributed by atoms with van der Waals surface area (Å²) in [4.78, 5) is 4.60. The minimum Gasteiger partial charge on any atom is -0.315 e. The second kappa shape index (κ2) is 4.42. The second-order valence-electron chi connectivity index (χ2n) is 4.69. The molecule has 0 saturated carbocycles. The Morgan fingerprint density at radius 3 is 3.12 bits per heavy atom. The van der Waals surface area contributed by atoms with Gasteiger partial charge >= 0.3 is 0 Å². The number of nitrogens with one attached hydrogen (secondary N) is 1. The van der Waals surface area contributed by atoms with Crippen molar-refractivity contribution >= 4 is 27.0 Å². The van der Waals surface area contributed by atoms with E-state index in [0.717, 1.165) is 23.3 Å². The lowest BCUT2D eigenvalue weighted by Crippen LogP contribution is -2.31. The topological polar surface area (TPSA) is 29.9 Å². The molecule has 4 heteroatoms. The standard InChI is InChI=1S/C13H16BrN3/c1-9-4-2-6-11-12(9)17(13(14)16-11)10-5-3-7-15-8-10/h2,4,6,10,15H,3,5,7-8H2,1H3. The number of aryl methyl sites for hydroxylation is 1. The number of nitrogens with zero attached hydrogens (tertiary/aromatic N) is 2. The number of halogens is 1. The summed E-state index contributed by atoms with van der Waals surface area (Å²) in [5.74, 6) is 0. The van der Waals surface area contributed by atoms with Crippen LogP contribution in [0.4, 0.5) is 0 Å². The summed E-state index contributed by atoms with van der Waals surface area (Å²) in [5.41, 5.74) is 3.65. The van der Waals surface area contributed by atoms with Gasteiger partial charge in [-0.25, -0.2) is 4.98 Å². The highest BCUT2D eigenvalue weighted by Gasteiger charge is 2.20. The van der Waals surface area contributed by atoms with Gasteiger partial charge in [-0.15, -0.1) is 0 Å². The zero-order valence-corrected chi connectivity index (χ0v) is 11.5. The number of rotatable bonds is 1. The van der Waals surface area contributed by atoms with E-state index in [1.54, 1.807) is 0 Å². The van der Waals surface area contributed by atoms with Crippen LogP contribution in [0, 0.1) is 6.92 Å². The van der Waals surface area contributed by atoms with Crippen molar-refractivity contribution in [1.82, 2.24) is 14.9 Å². The zero-order valence-electron chi connectivity index (χ0n) is 9.91. The van der Waals surface area contributed by atoms with Crippen molar-refractivity contribution < 1.29 is 0 Å². The maximum absolute atomic E-state index is 4.60. The van der Waals surface area contributed by atoms with Crippen LogP contribution in [0.3, 0.4) is 0 Å². The van der Waals surface area contributed by atoms with Crippen LogP contribution in [0.5, 0.6) is 0 Å². The molecule has 3 rings (SSSR count). The molecule has 1 aromatic carbocycles. The van der Waals surface area contributed by atoms with Crippen LogP contribution in [0.25, 0.3) is 11.0 Å². The summed E-state index contributed by atoms with van der Waals surface area (Å²) in [6.45, 7) is 4.33. The minimum absolute atomic E-state index is 0.518. The maximum atomic E-state index is 4.60. The Morgan fingerprint density at radius 1 is 1.47 bits per heavy atom. The molecule has 0 spiro atoms. The number of hydrogen-bond acceptors (Lipinski definition) is 2. The molecule has 1 aliphatic rings. The van der Waals surface area contributed by atoms with E-state index in [1.807, 2.05) is 0 Å². The van der Waals surface area contributed by atoms with Crippen molar-refractivity contribution in [2.75, 3.05) is 13.1 Å². The first kappa shape index (κ1) is 11.2. The normalized spacial score (nSPS) is 20.9. The van der Waals surface area contributed by atoms with E-state index < -0.39 is 0 Å². The summed E-state index contributed by atoms with van der Waals surface area (Å²) in [5, 5.41) is 3.47. The smallest absolute Gasteiger partial charge is 0.178 e. The van der Waals surface area contributed by atoms with Crippen LogP contribution in [0.1, 0.15) is 24.4 Å². The largest absolute Gasteiger partial charge is 0.315 e. The van der Waals surface area contributed by atoms with E-state index in [2.05, 4.69) is 55.9 Å². The summed E-state index contributed by atoms with van der Waals surface area (Å²) in [6, 6.07) is 6.83. The average Bonchev–Trinajstić information content (AvgIpc) is 2.68. The van der Waals surface area contributed by atoms with E-state index in [0.29, 0.717) is 6.04 Å². The fourth-order valence-corrected chi connectivity index (χ4v) is 3.34. The SMILES string of the molecule is Cc1cccc2nc(Br)n(C3CCCNC3)c12. The molecule has 1 fully saturated rings. The minimum atomic E-state index is 0.518. The van der Waals surface area contributed by atoms with E-state index >= 15 is 0 Å². The average molecular weight is 294 g/mol. The van der Waals surface area contributed by atoms with Gasteiger partial charge in [-0.05, 0) is 53.9 Å². The number of benzene rings is 1. The molecule has 1 atom stereocenters. The van der Waals surface area contributed by atoms with Gasteiger partial charge in [-0.1, -0.05) is 12.1 Å².